The van der Waals surface area contributed by atoms with Crippen LogP contribution >= 0.6 is 0 Å². The lowest BCUT2D eigenvalue weighted by Crippen LogP contribution is -2.27. The maximum absolute atomic E-state index is 11.9. The molecule has 0 radical (unpaired) electrons. The molecule has 2 atom stereocenters. The van der Waals surface area contributed by atoms with Crippen LogP contribution in [0.5, 0.6) is 0 Å². The second-order valence-corrected chi connectivity index (χ2v) is 5.02. The molecule has 0 spiro atoms. The van der Waals surface area contributed by atoms with Crippen molar-refractivity contribution in [1.82, 2.24) is 25.5 Å². The van der Waals surface area contributed by atoms with Crippen molar-refractivity contribution in [2.45, 2.75) is 25.8 Å². The summed E-state index contributed by atoms with van der Waals surface area (Å²) in [4.78, 5) is 13.4. The number of rotatable bonds is 4. The largest absolute Gasteiger partial charge is 0.464 e. The molecule has 1 amide bonds. The van der Waals surface area contributed by atoms with Crippen LogP contribution in [-0.2, 0) is 6.54 Å². The standard InChI is InChI=1S/C12H15N5O2/c1-7-5-9(7)10-4-3-8(19-10)6-17(2)12(18)11-13-15-16-14-11/h3-4,7,9H,5-6H2,1-2H3,(H,13,14,15,16). The highest BCUT2D eigenvalue weighted by Crippen LogP contribution is 2.47. The first-order chi connectivity index (χ1) is 9.15. The van der Waals surface area contributed by atoms with Gasteiger partial charge < -0.3 is 9.32 Å². The van der Waals surface area contributed by atoms with Crippen molar-refractivity contribution in [3.63, 3.8) is 0 Å². The zero-order valence-electron chi connectivity index (χ0n) is 10.8. The normalized spacial score (nSPS) is 21.4. The second kappa shape index (κ2) is 4.49. The van der Waals surface area contributed by atoms with Crippen molar-refractivity contribution in [3.8, 4) is 0 Å². The third kappa shape index (κ3) is 2.35. The number of H-pyrrole nitrogens is 1. The lowest BCUT2D eigenvalue weighted by atomic mass is 10.3. The zero-order chi connectivity index (χ0) is 13.4. The van der Waals surface area contributed by atoms with Gasteiger partial charge in [0.1, 0.15) is 11.5 Å². The van der Waals surface area contributed by atoms with Gasteiger partial charge in [0.2, 0.25) is 0 Å². The number of carbonyl (C=O) groups is 1. The molecule has 3 rings (SSSR count). The first-order valence-corrected chi connectivity index (χ1v) is 6.22. The van der Waals surface area contributed by atoms with E-state index in [1.807, 2.05) is 12.1 Å². The second-order valence-electron chi connectivity index (χ2n) is 5.02. The fourth-order valence-electron chi connectivity index (χ4n) is 2.13. The van der Waals surface area contributed by atoms with Crippen LogP contribution in [0.1, 0.15) is 41.4 Å². The van der Waals surface area contributed by atoms with Gasteiger partial charge in [0.05, 0.1) is 6.54 Å². The molecule has 2 aromatic heterocycles. The van der Waals surface area contributed by atoms with Crippen LogP contribution in [0.3, 0.4) is 0 Å². The number of hydrogen-bond donors (Lipinski definition) is 1. The van der Waals surface area contributed by atoms with E-state index in [-0.39, 0.29) is 11.7 Å². The smallest absolute Gasteiger partial charge is 0.295 e. The molecule has 0 aromatic carbocycles. The number of furan rings is 1. The minimum absolute atomic E-state index is 0.0603. The molecule has 1 N–H and O–H groups in total. The predicted molar refractivity (Wildman–Crippen MR) is 65.2 cm³/mol. The quantitative estimate of drug-likeness (QED) is 0.893. The maximum atomic E-state index is 11.9. The first-order valence-electron chi connectivity index (χ1n) is 6.22. The Labute approximate surface area is 110 Å². The van der Waals surface area contributed by atoms with E-state index < -0.39 is 0 Å². The molecule has 1 fully saturated rings. The van der Waals surface area contributed by atoms with Crippen LogP contribution < -0.4 is 0 Å². The number of tetrazole rings is 1. The number of amides is 1. The highest BCUT2D eigenvalue weighted by molar-refractivity contribution is 5.89. The summed E-state index contributed by atoms with van der Waals surface area (Å²) in [6.45, 7) is 2.60. The fraction of sp³-hybridized carbons (Fsp3) is 0.500. The summed E-state index contributed by atoms with van der Waals surface area (Å²) in [6.07, 6.45) is 1.19. The average Bonchev–Trinajstić information content (AvgIpc) is 2.88. The molecule has 7 heteroatoms. The summed E-state index contributed by atoms with van der Waals surface area (Å²) in [5, 5.41) is 13.0. The lowest BCUT2D eigenvalue weighted by molar-refractivity contribution is 0.0762. The molecule has 7 nitrogen and oxygen atoms in total. The Morgan fingerprint density at radius 2 is 2.37 bits per heavy atom. The Bertz CT molecular complexity index is 577. The van der Waals surface area contributed by atoms with Gasteiger partial charge in [0, 0.05) is 13.0 Å². The number of aromatic nitrogens is 4. The monoisotopic (exact) mass is 261 g/mol. The molecule has 2 heterocycles. The highest BCUT2D eigenvalue weighted by atomic mass is 16.3. The van der Waals surface area contributed by atoms with E-state index in [1.54, 1.807) is 7.05 Å². The van der Waals surface area contributed by atoms with Gasteiger partial charge in [-0.3, -0.25) is 4.79 Å². The molecular weight excluding hydrogens is 246 g/mol. The molecule has 100 valence electrons. The lowest BCUT2D eigenvalue weighted by Gasteiger charge is -2.12. The van der Waals surface area contributed by atoms with E-state index in [4.69, 9.17) is 4.42 Å². The molecule has 0 aliphatic heterocycles. The van der Waals surface area contributed by atoms with Gasteiger partial charge in [-0.2, -0.15) is 5.21 Å². The number of aromatic amines is 1. The molecule has 19 heavy (non-hydrogen) atoms. The van der Waals surface area contributed by atoms with Gasteiger partial charge in [-0.1, -0.05) is 6.92 Å². The van der Waals surface area contributed by atoms with Crippen molar-refractivity contribution in [3.05, 3.63) is 29.5 Å². The van der Waals surface area contributed by atoms with E-state index in [0.29, 0.717) is 18.4 Å². The summed E-state index contributed by atoms with van der Waals surface area (Å²) in [7, 11) is 1.68. The summed E-state index contributed by atoms with van der Waals surface area (Å²) in [5.41, 5.74) is 0. The minimum Gasteiger partial charge on any atom is -0.464 e. The van der Waals surface area contributed by atoms with Gasteiger partial charge in [-0.15, -0.1) is 10.2 Å². The Morgan fingerprint density at radius 3 is 3.00 bits per heavy atom. The molecule has 1 aliphatic rings. The van der Waals surface area contributed by atoms with E-state index in [1.165, 1.54) is 11.3 Å². The van der Waals surface area contributed by atoms with Crippen molar-refractivity contribution in [2.24, 2.45) is 5.92 Å². The van der Waals surface area contributed by atoms with Crippen molar-refractivity contribution < 1.29 is 9.21 Å². The summed E-state index contributed by atoms with van der Waals surface area (Å²) >= 11 is 0. The van der Waals surface area contributed by atoms with Crippen molar-refractivity contribution in [1.29, 1.82) is 0 Å². The number of carbonyl (C=O) groups excluding carboxylic acids is 1. The summed E-state index contributed by atoms with van der Waals surface area (Å²) in [6, 6.07) is 3.91. The SMILES string of the molecule is CC1CC1c1ccc(CN(C)C(=O)c2nn[nH]n2)o1. The van der Waals surface area contributed by atoms with Gasteiger partial charge in [0.15, 0.2) is 0 Å². The van der Waals surface area contributed by atoms with Gasteiger partial charge in [0.25, 0.3) is 11.7 Å². The van der Waals surface area contributed by atoms with Crippen LogP contribution in [-0.4, -0.2) is 38.5 Å². The minimum atomic E-state index is -0.286. The summed E-state index contributed by atoms with van der Waals surface area (Å²) in [5.74, 6) is 2.82. The van der Waals surface area contributed by atoms with Gasteiger partial charge >= 0.3 is 0 Å². The predicted octanol–water partition coefficient (Wildman–Crippen LogP) is 1.19. The van der Waals surface area contributed by atoms with Crippen LogP contribution in [0.25, 0.3) is 0 Å². The molecule has 0 saturated heterocycles. The van der Waals surface area contributed by atoms with Crippen LogP contribution in [0.2, 0.25) is 0 Å². The Balaban J connectivity index is 1.64. The van der Waals surface area contributed by atoms with Crippen molar-refractivity contribution >= 4 is 5.91 Å². The number of hydrogen-bond acceptors (Lipinski definition) is 5. The summed E-state index contributed by atoms with van der Waals surface area (Å²) < 4.78 is 5.76. The molecular formula is C12H15N5O2. The van der Waals surface area contributed by atoms with Gasteiger partial charge in [-0.05, 0) is 29.7 Å². The number of nitrogens with one attached hydrogen (secondary N) is 1. The molecule has 0 bridgehead atoms. The zero-order valence-corrected chi connectivity index (χ0v) is 10.8. The van der Waals surface area contributed by atoms with E-state index in [9.17, 15) is 4.79 Å². The topological polar surface area (TPSA) is 87.9 Å². The van der Waals surface area contributed by atoms with E-state index in [2.05, 4.69) is 27.5 Å². The highest BCUT2D eigenvalue weighted by Gasteiger charge is 2.36. The average molecular weight is 261 g/mol. The molecule has 1 saturated carbocycles. The van der Waals surface area contributed by atoms with Crippen LogP contribution in [0.4, 0.5) is 0 Å². The molecule has 2 aromatic rings. The molecule has 2 unspecified atom stereocenters. The van der Waals surface area contributed by atoms with Crippen LogP contribution in [0, 0.1) is 5.92 Å². The maximum Gasteiger partial charge on any atom is 0.295 e. The third-order valence-corrected chi connectivity index (χ3v) is 3.43. The third-order valence-electron chi connectivity index (χ3n) is 3.43. The van der Waals surface area contributed by atoms with E-state index in [0.717, 1.165) is 11.5 Å². The van der Waals surface area contributed by atoms with Gasteiger partial charge in [-0.25, -0.2) is 0 Å². The Kier molecular flexibility index (Phi) is 2.81. The van der Waals surface area contributed by atoms with Crippen LogP contribution in [0.15, 0.2) is 16.5 Å². The Hall–Kier alpha value is -2.18. The van der Waals surface area contributed by atoms with Crippen molar-refractivity contribution in [2.75, 3.05) is 7.05 Å². The molecule has 1 aliphatic carbocycles. The van der Waals surface area contributed by atoms with E-state index >= 15 is 0 Å². The number of nitrogens with zero attached hydrogens (tertiary/aromatic N) is 4. The Morgan fingerprint density at radius 1 is 1.58 bits per heavy atom. The fourth-order valence-corrected chi connectivity index (χ4v) is 2.13. The first kappa shape index (κ1) is 11.9.